The van der Waals surface area contributed by atoms with E-state index in [0.29, 0.717) is 31.2 Å². The molecule has 0 fully saturated rings. The quantitative estimate of drug-likeness (QED) is 0.397. The van der Waals surface area contributed by atoms with Gasteiger partial charge in [0.15, 0.2) is 17.5 Å². The number of rotatable bonds is 11. The van der Waals surface area contributed by atoms with E-state index in [1.807, 2.05) is 56.3 Å². The summed E-state index contributed by atoms with van der Waals surface area (Å²) in [5.74, 6) is 2.82. The van der Waals surface area contributed by atoms with Crippen LogP contribution in [0, 0.1) is 0 Å². The molecule has 0 atom stereocenters. The fourth-order valence-corrected chi connectivity index (χ4v) is 2.72. The predicted molar refractivity (Wildman–Crippen MR) is 115 cm³/mol. The van der Waals surface area contributed by atoms with Gasteiger partial charge in [-0.2, -0.15) is 0 Å². The molecule has 0 radical (unpaired) electrons. The lowest BCUT2D eigenvalue weighted by Crippen LogP contribution is -2.36. The molecule has 158 valence electrons. The Bertz CT molecular complexity index is 780. The van der Waals surface area contributed by atoms with Crippen molar-refractivity contribution in [3.63, 3.8) is 0 Å². The maximum Gasteiger partial charge on any atom is 0.191 e. The number of hydrogen-bond acceptors (Lipinski definition) is 5. The number of nitrogens with one attached hydrogen (secondary N) is 2. The zero-order valence-corrected chi connectivity index (χ0v) is 17.4. The number of guanidine groups is 1. The van der Waals surface area contributed by atoms with E-state index < -0.39 is 0 Å². The fourth-order valence-electron chi connectivity index (χ4n) is 2.72. The van der Waals surface area contributed by atoms with E-state index >= 15 is 0 Å². The summed E-state index contributed by atoms with van der Waals surface area (Å²) in [5, 5.41) is 15.5. The molecule has 0 aliphatic carbocycles. The topological polar surface area (TPSA) is 84.3 Å². The molecule has 0 bridgehead atoms. The first kappa shape index (κ1) is 22.4. The molecule has 2 rings (SSSR count). The molecule has 0 aliphatic rings. The van der Waals surface area contributed by atoms with Gasteiger partial charge in [0.25, 0.3) is 0 Å². The molecule has 0 saturated heterocycles. The predicted octanol–water partition coefficient (Wildman–Crippen LogP) is 2.72. The molecule has 2 aromatic rings. The van der Waals surface area contributed by atoms with Crippen LogP contribution >= 0.6 is 0 Å². The molecule has 0 spiro atoms. The highest BCUT2D eigenvalue weighted by molar-refractivity contribution is 5.79. The first-order valence-electron chi connectivity index (χ1n) is 9.85. The van der Waals surface area contributed by atoms with E-state index in [1.54, 1.807) is 7.11 Å². The first-order chi connectivity index (χ1) is 14.2. The maximum atomic E-state index is 8.92. The van der Waals surface area contributed by atoms with Crippen molar-refractivity contribution in [2.45, 2.75) is 26.9 Å². The Balaban J connectivity index is 2.05. The van der Waals surface area contributed by atoms with Crippen LogP contribution in [0.15, 0.2) is 47.5 Å². The van der Waals surface area contributed by atoms with E-state index in [9.17, 15) is 0 Å². The molecule has 2 aromatic carbocycles. The molecule has 29 heavy (non-hydrogen) atoms. The van der Waals surface area contributed by atoms with Crippen molar-refractivity contribution in [2.75, 3.05) is 33.5 Å². The Morgan fingerprint density at radius 1 is 1.00 bits per heavy atom. The van der Waals surface area contributed by atoms with E-state index in [0.717, 1.165) is 29.4 Å². The van der Waals surface area contributed by atoms with Crippen LogP contribution in [0.25, 0.3) is 0 Å². The van der Waals surface area contributed by atoms with Gasteiger partial charge in [0.05, 0.1) is 26.9 Å². The highest BCUT2D eigenvalue weighted by atomic mass is 16.5. The molecule has 0 aromatic heterocycles. The summed E-state index contributed by atoms with van der Waals surface area (Å²) >= 11 is 0. The van der Waals surface area contributed by atoms with Crippen molar-refractivity contribution >= 4 is 5.96 Å². The molecule has 0 heterocycles. The number of aliphatic imine (C=N–C) groups is 1. The van der Waals surface area contributed by atoms with Gasteiger partial charge in [0.2, 0.25) is 0 Å². The molecule has 3 N–H and O–H groups in total. The van der Waals surface area contributed by atoms with Crippen molar-refractivity contribution < 1.29 is 19.3 Å². The number of para-hydroxylation sites is 1. The molecular weight excluding hydrogens is 370 g/mol. The highest BCUT2D eigenvalue weighted by Crippen LogP contribution is 2.28. The van der Waals surface area contributed by atoms with Crippen LogP contribution in [0.3, 0.4) is 0 Å². The van der Waals surface area contributed by atoms with Gasteiger partial charge in [-0.15, -0.1) is 0 Å². The number of nitrogens with zero attached hydrogens (tertiary/aromatic N) is 1. The lowest BCUT2D eigenvalue weighted by Gasteiger charge is -2.14. The summed E-state index contributed by atoms with van der Waals surface area (Å²) in [4.78, 5) is 4.66. The molecular formula is C22H31N3O4. The van der Waals surface area contributed by atoms with Crippen molar-refractivity contribution in [1.82, 2.24) is 10.6 Å². The second-order valence-electron chi connectivity index (χ2n) is 6.15. The minimum atomic E-state index is -0.0423. The van der Waals surface area contributed by atoms with Crippen LogP contribution in [0.1, 0.15) is 25.0 Å². The zero-order valence-electron chi connectivity index (χ0n) is 17.4. The molecule has 7 heteroatoms. The SMILES string of the molecule is CCNC(=NCc1ccc(OCCO)c(OC)c1)NCc1ccccc1OCC. The number of methoxy groups -OCH3 is 1. The van der Waals surface area contributed by atoms with Crippen molar-refractivity contribution in [3.05, 3.63) is 53.6 Å². The van der Waals surface area contributed by atoms with E-state index in [-0.39, 0.29) is 13.2 Å². The molecule has 0 unspecified atom stereocenters. The van der Waals surface area contributed by atoms with Gasteiger partial charge in [-0.3, -0.25) is 0 Å². The third-order valence-electron chi connectivity index (χ3n) is 4.06. The molecule has 0 saturated carbocycles. The van der Waals surface area contributed by atoms with Crippen molar-refractivity contribution in [3.8, 4) is 17.2 Å². The van der Waals surface area contributed by atoms with Crippen LogP contribution in [-0.2, 0) is 13.1 Å². The summed E-state index contributed by atoms with van der Waals surface area (Å²) in [6, 6.07) is 13.6. The summed E-state index contributed by atoms with van der Waals surface area (Å²) in [5.41, 5.74) is 2.07. The molecule has 0 amide bonds. The van der Waals surface area contributed by atoms with E-state index in [4.69, 9.17) is 19.3 Å². The number of aliphatic hydroxyl groups excluding tert-OH is 1. The largest absolute Gasteiger partial charge is 0.494 e. The fraction of sp³-hybridized carbons (Fsp3) is 0.409. The number of benzene rings is 2. The van der Waals surface area contributed by atoms with Crippen molar-refractivity contribution in [2.24, 2.45) is 4.99 Å². The van der Waals surface area contributed by atoms with E-state index in [2.05, 4.69) is 15.6 Å². The Labute approximate surface area is 172 Å². The summed E-state index contributed by atoms with van der Waals surface area (Å²) in [6.45, 7) is 6.68. The van der Waals surface area contributed by atoms with Gasteiger partial charge in [0.1, 0.15) is 12.4 Å². The number of aliphatic hydroxyl groups is 1. The monoisotopic (exact) mass is 401 g/mol. The van der Waals surface area contributed by atoms with Gasteiger partial charge < -0.3 is 30.0 Å². The first-order valence-corrected chi connectivity index (χ1v) is 9.85. The van der Waals surface area contributed by atoms with Crippen molar-refractivity contribution in [1.29, 1.82) is 0 Å². The standard InChI is InChI=1S/C22H31N3O4/c1-4-23-22(25-16-18-8-6-7-9-19(18)28-5-2)24-15-17-10-11-20(29-13-12-26)21(14-17)27-3/h6-11,14,26H,4-5,12-13,15-16H2,1-3H3,(H2,23,24,25). The highest BCUT2D eigenvalue weighted by Gasteiger charge is 2.07. The lowest BCUT2D eigenvalue weighted by molar-refractivity contribution is 0.196. The van der Waals surface area contributed by atoms with Crippen LogP contribution in [0.2, 0.25) is 0 Å². The van der Waals surface area contributed by atoms with Crippen LogP contribution < -0.4 is 24.8 Å². The molecule has 7 nitrogen and oxygen atoms in total. The van der Waals surface area contributed by atoms with Gasteiger partial charge in [0, 0.05) is 18.7 Å². The Hall–Kier alpha value is -2.93. The van der Waals surface area contributed by atoms with Gasteiger partial charge >= 0.3 is 0 Å². The minimum absolute atomic E-state index is 0.0423. The van der Waals surface area contributed by atoms with Gasteiger partial charge in [-0.1, -0.05) is 24.3 Å². The maximum absolute atomic E-state index is 8.92. The Morgan fingerprint density at radius 3 is 2.55 bits per heavy atom. The van der Waals surface area contributed by atoms with E-state index in [1.165, 1.54) is 0 Å². The van der Waals surface area contributed by atoms with Gasteiger partial charge in [-0.05, 0) is 37.6 Å². The third kappa shape index (κ3) is 7.19. The van der Waals surface area contributed by atoms with Crippen LogP contribution in [0.4, 0.5) is 0 Å². The number of ether oxygens (including phenoxy) is 3. The average molecular weight is 402 g/mol. The second-order valence-corrected chi connectivity index (χ2v) is 6.15. The zero-order chi connectivity index (χ0) is 20.9. The lowest BCUT2D eigenvalue weighted by atomic mass is 10.2. The van der Waals surface area contributed by atoms with Crippen LogP contribution in [0.5, 0.6) is 17.2 Å². The summed E-state index contributed by atoms with van der Waals surface area (Å²) < 4.78 is 16.5. The second kappa shape index (κ2) is 12.5. The number of hydrogen-bond donors (Lipinski definition) is 3. The average Bonchev–Trinajstić information content (AvgIpc) is 2.75. The Kier molecular flexibility index (Phi) is 9.65. The summed E-state index contributed by atoms with van der Waals surface area (Å²) in [6.07, 6.45) is 0. The normalized spacial score (nSPS) is 11.1. The minimum Gasteiger partial charge on any atom is -0.494 e. The van der Waals surface area contributed by atoms with Gasteiger partial charge in [-0.25, -0.2) is 4.99 Å². The smallest absolute Gasteiger partial charge is 0.191 e. The summed E-state index contributed by atoms with van der Waals surface area (Å²) in [7, 11) is 1.59. The molecule has 0 aliphatic heterocycles. The Morgan fingerprint density at radius 2 is 1.83 bits per heavy atom. The van der Waals surface area contributed by atoms with Crippen LogP contribution in [-0.4, -0.2) is 44.5 Å². The third-order valence-corrected chi connectivity index (χ3v) is 4.06.